The summed E-state index contributed by atoms with van der Waals surface area (Å²) in [6.07, 6.45) is 34.3. The average molecular weight is 1450 g/mol. The Labute approximate surface area is 642 Å². The van der Waals surface area contributed by atoms with Gasteiger partial charge >= 0.3 is 29.8 Å². The number of carbonyl (C=O) groups excluding carboxylic acids is 5. The number of carbonyl (C=O) groups is 5. The molecular weight excluding hydrogens is 1310 g/mol. The molecule has 0 heterocycles. The Hall–Kier alpha value is -7.07. The Balaban J connectivity index is 0.000000208. The van der Waals surface area contributed by atoms with Crippen molar-refractivity contribution in [2.75, 3.05) is 0 Å². The SMILES string of the molecule is C=Cc1cccc(C2(OC(=O)C(C)(C)CC)CCCC2)c1.C=Cc1cccc(C2(OC(=O)C(C)(C)CC)CCCCC2)c1.CCC(C)(C)C(=O)OC1(c2ccc(C)cc2)CCCC1.CCC(C)(C)C(=O)OC1(c2ccccc2)CCCCCCC1.CCc1ccc(C2(OC(=O)C(C)(C)CC)CCCC2)cc1. The van der Waals surface area contributed by atoms with E-state index in [-0.39, 0.29) is 29.8 Å². The molecule has 0 unspecified atom stereocenters. The molecule has 5 aromatic carbocycles. The zero-order valence-electron chi connectivity index (χ0n) is 69.0. The molecule has 0 amide bonds. The maximum absolute atomic E-state index is 12.7. The highest BCUT2D eigenvalue weighted by molar-refractivity contribution is 5.79. The predicted octanol–water partition coefficient (Wildman–Crippen LogP) is 25.9. The number of aryl methyl sites for hydroxylation is 2. The van der Waals surface area contributed by atoms with E-state index < -0.39 is 55.1 Å². The molecule has 0 saturated heterocycles. The van der Waals surface area contributed by atoms with E-state index in [1.807, 2.05) is 139 Å². The third kappa shape index (κ3) is 23.2. The minimum absolute atomic E-state index is 0.0561. The second-order valence-corrected chi connectivity index (χ2v) is 34.5. The molecule has 10 nitrogen and oxygen atoms in total. The highest BCUT2D eigenvalue weighted by atomic mass is 16.6. The third-order valence-electron chi connectivity index (χ3n) is 24.7. The Morgan fingerprint density at radius 3 is 0.802 bits per heavy atom. The Morgan fingerprint density at radius 2 is 0.538 bits per heavy atom. The smallest absolute Gasteiger partial charge is 0.312 e. The third-order valence-corrected chi connectivity index (χ3v) is 24.7. The van der Waals surface area contributed by atoms with Crippen LogP contribution in [0.25, 0.3) is 12.2 Å². The number of rotatable bonds is 23. The van der Waals surface area contributed by atoms with E-state index in [0.29, 0.717) is 0 Å². The minimum atomic E-state index is -0.458. The average Bonchev–Trinajstić information content (AvgIpc) is 1.33. The molecule has 0 N–H and O–H groups in total. The van der Waals surface area contributed by atoms with Gasteiger partial charge in [-0.05, 0) is 300 Å². The van der Waals surface area contributed by atoms with Gasteiger partial charge in [-0.25, -0.2) is 0 Å². The van der Waals surface area contributed by atoms with Crippen molar-refractivity contribution in [3.63, 3.8) is 0 Å². The van der Waals surface area contributed by atoms with Gasteiger partial charge in [0, 0.05) is 0 Å². The summed E-state index contributed by atoms with van der Waals surface area (Å²) in [6, 6.07) is 43.9. The number of ether oxygens (including phenoxy) is 5. The molecule has 5 aliphatic rings. The maximum atomic E-state index is 12.7. The first-order chi connectivity index (χ1) is 50.2. The Bertz CT molecular complexity index is 3570. The van der Waals surface area contributed by atoms with Crippen molar-refractivity contribution in [1.29, 1.82) is 0 Å². The lowest BCUT2D eigenvalue weighted by atomic mass is 9.78. The van der Waals surface area contributed by atoms with Crippen LogP contribution in [0.15, 0.2) is 141 Å². The van der Waals surface area contributed by atoms with E-state index in [4.69, 9.17) is 23.7 Å². The second-order valence-electron chi connectivity index (χ2n) is 34.5. The molecular formula is C96H138O10. The Morgan fingerprint density at radius 1 is 0.311 bits per heavy atom. The number of esters is 5. The van der Waals surface area contributed by atoms with Crippen LogP contribution in [0.4, 0.5) is 0 Å². The van der Waals surface area contributed by atoms with Gasteiger partial charge in [-0.3, -0.25) is 24.0 Å². The van der Waals surface area contributed by atoms with Crippen LogP contribution in [-0.4, -0.2) is 29.8 Å². The zero-order valence-corrected chi connectivity index (χ0v) is 69.0. The molecule has 0 aliphatic heterocycles. The van der Waals surface area contributed by atoms with E-state index in [1.54, 1.807) is 0 Å². The summed E-state index contributed by atoms with van der Waals surface area (Å²) >= 11 is 0. The van der Waals surface area contributed by atoms with Crippen molar-refractivity contribution in [3.05, 3.63) is 191 Å². The molecule has 0 aromatic heterocycles. The standard InChI is InChI=1S/C20H28O2.C20H30O2.C19H28O2.C19H26O2.C18H26O2/c1-5-16-11-10-12-17(15-16)20(13-8-7-9-14-20)22-18(21)19(3,4)6-2;1-4-19(2,3)18(21)22-20(17-13-9-8-10-14-17)15-11-6-5-7-12-16-20;1-5-15-9-11-16(12-10-15)19(13-7-8-14-19)21-17(20)18(3,4)6-2;1-5-15-10-9-11-16(14-15)19(12-7-8-13-19)21-17(20)18(3,4)6-2;1-5-17(3,4)16(19)20-18(12-6-7-13-18)15-10-8-14(2)9-11-15/h5,10-12,15H,1,6-9,13-14H2,2-4H3;8-10,13-14H,4-7,11-12,15-16H2,1-3H3;9-12H,5-8,13-14H2,1-4H3;5,9-11,14H,1,6-8,12-13H2,2-4H3;8-11H,5-7,12-13H2,1-4H3. The van der Waals surface area contributed by atoms with Gasteiger partial charge in [0.15, 0.2) is 0 Å². The first-order valence-electron chi connectivity index (χ1n) is 41.1. The highest BCUT2D eigenvalue weighted by Gasteiger charge is 2.47. The lowest BCUT2D eigenvalue weighted by Gasteiger charge is -2.39. The van der Waals surface area contributed by atoms with Crippen LogP contribution in [0, 0.1) is 34.0 Å². The summed E-state index contributed by atoms with van der Waals surface area (Å²) in [5.74, 6) is -0.356. The topological polar surface area (TPSA) is 132 Å². The van der Waals surface area contributed by atoms with Crippen molar-refractivity contribution in [3.8, 4) is 0 Å². The van der Waals surface area contributed by atoms with Gasteiger partial charge in [0.2, 0.25) is 0 Å². The van der Waals surface area contributed by atoms with Gasteiger partial charge in [-0.15, -0.1) is 0 Å². The van der Waals surface area contributed by atoms with Gasteiger partial charge in [-0.2, -0.15) is 0 Å². The number of benzene rings is 5. The fraction of sp³-hybridized carbons (Fsp3) is 0.594. The predicted molar refractivity (Wildman–Crippen MR) is 437 cm³/mol. The van der Waals surface area contributed by atoms with Crippen molar-refractivity contribution in [2.24, 2.45) is 27.1 Å². The highest BCUT2D eigenvalue weighted by Crippen LogP contribution is 2.49. The first kappa shape index (κ1) is 87.8. The van der Waals surface area contributed by atoms with E-state index in [2.05, 4.69) is 131 Å². The maximum Gasteiger partial charge on any atom is 0.312 e. The normalized spacial score (nSPS) is 18.0. The minimum Gasteiger partial charge on any atom is -0.454 e. The van der Waals surface area contributed by atoms with E-state index >= 15 is 0 Å². The van der Waals surface area contributed by atoms with Crippen LogP contribution in [0.5, 0.6) is 0 Å². The molecule has 5 aliphatic carbocycles. The van der Waals surface area contributed by atoms with Crippen LogP contribution >= 0.6 is 0 Å². The fourth-order valence-corrected chi connectivity index (χ4v) is 14.5. The second kappa shape index (κ2) is 39.3. The summed E-state index contributed by atoms with van der Waals surface area (Å²) < 4.78 is 30.5. The lowest BCUT2D eigenvalue weighted by Crippen LogP contribution is -2.39. The molecule has 0 atom stereocenters. The van der Waals surface area contributed by atoms with E-state index in [1.165, 1.54) is 36.8 Å². The van der Waals surface area contributed by atoms with Gasteiger partial charge in [-0.1, -0.05) is 213 Å². The monoisotopic (exact) mass is 1450 g/mol. The lowest BCUT2D eigenvalue weighted by molar-refractivity contribution is -0.176. The fourth-order valence-electron chi connectivity index (χ4n) is 14.5. The van der Waals surface area contributed by atoms with Gasteiger partial charge in [0.25, 0.3) is 0 Å². The van der Waals surface area contributed by atoms with Crippen LogP contribution < -0.4 is 0 Å². The molecule has 5 fully saturated rings. The van der Waals surface area contributed by atoms with Crippen molar-refractivity contribution in [2.45, 2.75) is 338 Å². The molecule has 0 bridgehead atoms. The molecule has 0 radical (unpaired) electrons. The summed E-state index contributed by atoms with van der Waals surface area (Å²) in [4.78, 5) is 62.9. The molecule has 5 saturated carbocycles. The van der Waals surface area contributed by atoms with Crippen LogP contribution in [0.2, 0.25) is 0 Å². The molecule has 5 aromatic rings. The van der Waals surface area contributed by atoms with Crippen LogP contribution in [-0.2, 0) is 82.1 Å². The summed E-state index contributed by atoms with van der Waals surface area (Å²) in [5, 5.41) is 0. The number of hydrogen-bond acceptors (Lipinski definition) is 10. The summed E-state index contributed by atoms with van der Waals surface area (Å²) in [6.45, 7) is 41.8. The van der Waals surface area contributed by atoms with Crippen LogP contribution in [0.1, 0.15) is 347 Å². The van der Waals surface area contributed by atoms with E-state index in [0.717, 1.165) is 206 Å². The molecule has 106 heavy (non-hydrogen) atoms. The molecule has 10 rings (SSSR count). The van der Waals surface area contributed by atoms with Crippen molar-refractivity contribution < 1.29 is 47.7 Å². The first-order valence-corrected chi connectivity index (χ1v) is 41.1. The molecule has 10 heteroatoms. The quantitative estimate of drug-likeness (QED) is 0.0460. The summed E-state index contributed by atoms with van der Waals surface area (Å²) in [5.41, 5.74) is 6.24. The van der Waals surface area contributed by atoms with Crippen LogP contribution in [0.3, 0.4) is 0 Å². The number of hydrogen-bond donors (Lipinski definition) is 0. The van der Waals surface area contributed by atoms with Gasteiger partial charge in [0.1, 0.15) is 28.0 Å². The molecule has 0 spiro atoms. The largest absolute Gasteiger partial charge is 0.454 e. The van der Waals surface area contributed by atoms with Gasteiger partial charge < -0.3 is 23.7 Å². The zero-order chi connectivity index (χ0) is 78.1. The summed E-state index contributed by atoms with van der Waals surface area (Å²) in [7, 11) is 0. The molecule has 582 valence electrons. The van der Waals surface area contributed by atoms with Crippen molar-refractivity contribution >= 4 is 42.0 Å². The van der Waals surface area contributed by atoms with E-state index in [9.17, 15) is 24.0 Å². The van der Waals surface area contributed by atoms with Gasteiger partial charge in [0.05, 0.1) is 27.1 Å². The van der Waals surface area contributed by atoms with Crippen molar-refractivity contribution in [1.82, 2.24) is 0 Å². The Kier molecular flexibility index (Phi) is 32.6.